The predicted molar refractivity (Wildman–Crippen MR) is 151 cm³/mol. The van der Waals surface area contributed by atoms with Crippen LogP contribution in [0, 0.1) is 23.0 Å². The molecule has 3 aromatic heterocycles. The fraction of sp³-hybridized carbons (Fsp3) is 0.300. The van der Waals surface area contributed by atoms with Crippen LogP contribution in [0.1, 0.15) is 35.7 Å². The Kier molecular flexibility index (Phi) is 8.49. The Morgan fingerprint density at radius 2 is 1.95 bits per heavy atom. The van der Waals surface area contributed by atoms with Gasteiger partial charge in [0.05, 0.1) is 47.8 Å². The molecule has 4 heterocycles. The summed E-state index contributed by atoms with van der Waals surface area (Å²) in [5.74, 6) is -2.35. The first-order valence-electron chi connectivity index (χ1n) is 13.5. The molecule has 2 N–H and O–H groups in total. The maximum Gasteiger partial charge on any atom is 0.329 e. The van der Waals surface area contributed by atoms with Crippen LogP contribution in [0.2, 0.25) is 0 Å². The molecule has 222 valence electrons. The zero-order chi connectivity index (χ0) is 30.6. The van der Waals surface area contributed by atoms with E-state index in [9.17, 15) is 23.6 Å². The summed E-state index contributed by atoms with van der Waals surface area (Å²) in [5.41, 5.74) is 1.08. The molecule has 1 fully saturated rings. The molecular weight excluding hydrogens is 562 g/mol. The molecule has 5 rings (SSSR count). The van der Waals surface area contributed by atoms with E-state index in [0.717, 1.165) is 29.3 Å². The van der Waals surface area contributed by atoms with E-state index < -0.39 is 41.2 Å². The van der Waals surface area contributed by atoms with Gasteiger partial charge in [0.15, 0.2) is 0 Å². The molecule has 13 heteroatoms. The van der Waals surface area contributed by atoms with Gasteiger partial charge in [0.2, 0.25) is 0 Å². The van der Waals surface area contributed by atoms with Gasteiger partial charge in [-0.2, -0.15) is 10.4 Å². The van der Waals surface area contributed by atoms with Crippen molar-refractivity contribution in [3.63, 3.8) is 0 Å². The van der Waals surface area contributed by atoms with E-state index in [2.05, 4.69) is 21.5 Å². The Morgan fingerprint density at radius 3 is 2.63 bits per heavy atom. The van der Waals surface area contributed by atoms with Gasteiger partial charge >= 0.3 is 5.97 Å². The molecule has 1 amide bonds. The van der Waals surface area contributed by atoms with Crippen molar-refractivity contribution in [1.82, 2.24) is 19.9 Å². The van der Waals surface area contributed by atoms with E-state index in [1.165, 1.54) is 6.20 Å². The number of nitriles is 1. The van der Waals surface area contributed by atoms with Gasteiger partial charge in [-0.15, -0.1) is 0 Å². The number of piperidine rings is 1. The maximum absolute atomic E-state index is 14.3. The number of carboxylic acids is 1. The average molecular weight is 591 g/mol. The maximum atomic E-state index is 14.3. The van der Waals surface area contributed by atoms with Crippen molar-refractivity contribution in [2.45, 2.75) is 25.3 Å². The molecule has 0 unspecified atom stereocenters. The molecule has 11 nitrogen and oxygen atoms in total. The average Bonchev–Trinajstić information content (AvgIpc) is 3.41. The Bertz CT molecular complexity index is 1690. The number of halogens is 2. The van der Waals surface area contributed by atoms with E-state index in [-0.39, 0.29) is 6.61 Å². The van der Waals surface area contributed by atoms with Crippen LogP contribution in [0.25, 0.3) is 16.6 Å². The van der Waals surface area contributed by atoms with Crippen molar-refractivity contribution in [1.29, 1.82) is 5.26 Å². The highest BCUT2D eigenvalue weighted by molar-refractivity contribution is 5.95. The minimum absolute atomic E-state index is 0.124. The van der Waals surface area contributed by atoms with Gasteiger partial charge in [0.25, 0.3) is 5.91 Å². The van der Waals surface area contributed by atoms with Crippen LogP contribution in [0.3, 0.4) is 0 Å². The number of ether oxygens (including phenoxy) is 2. The summed E-state index contributed by atoms with van der Waals surface area (Å²) in [6.45, 7) is 2.48. The van der Waals surface area contributed by atoms with Crippen LogP contribution >= 0.6 is 0 Å². The van der Waals surface area contributed by atoms with Gasteiger partial charge in [-0.1, -0.05) is 0 Å². The molecule has 0 spiro atoms. The van der Waals surface area contributed by atoms with Crippen LogP contribution in [0.5, 0.6) is 5.75 Å². The number of carbonyl (C=O) groups excluding carboxylic acids is 1. The highest BCUT2D eigenvalue weighted by atomic mass is 19.1. The van der Waals surface area contributed by atoms with E-state index in [1.54, 1.807) is 16.9 Å². The summed E-state index contributed by atoms with van der Waals surface area (Å²) < 4.78 is 40.7. The number of nitrogens with zero attached hydrogens (tertiary/aromatic N) is 5. The van der Waals surface area contributed by atoms with Crippen molar-refractivity contribution in [3.05, 3.63) is 77.8 Å². The highest BCUT2D eigenvalue weighted by Crippen LogP contribution is 2.32. The summed E-state index contributed by atoms with van der Waals surface area (Å²) in [5, 5.41) is 25.7. The lowest BCUT2D eigenvalue weighted by molar-refractivity contribution is -0.143. The number of nitrogens with one attached hydrogen (secondary N) is 1. The van der Waals surface area contributed by atoms with E-state index >= 15 is 0 Å². The number of rotatable bonds is 10. The third-order valence-electron chi connectivity index (χ3n) is 7.28. The SMILES string of the molecule is CCOc1cc(-c2ccc(N3CCC(COCC(=O)O)(NC(=O)c4cc(F)ccc4F)CC3)nc2)c2c(C#N)cnn2c1. The Hall–Kier alpha value is -5.09. The number of benzene rings is 1. The zero-order valence-corrected chi connectivity index (χ0v) is 23.2. The van der Waals surface area contributed by atoms with Gasteiger partial charge < -0.3 is 24.8 Å². The molecule has 0 saturated carbocycles. The number of aromatic nitrogens is 3. The minimum Gasteiger partial charge on any atom is -0.492 e. The van der Waals surface area contributed by atoms with Gasteiger partial charge in [0.1, 0.15) is 35.9 Å². The lowest BCUT2D eigenvalue weighted by atomic mass is 9.87. The second-order valence-electron chi connectivity index (χ2n) is 10.1. The molecule has 0 radical (unpaired) electrons. The monoisotopic (exact) mass is 590 g/mol. The van der Waals surface area contributed by atoms with Crippen LogP contribution in [-0.4, -0.2) is 70.0 Å². The standard InChI is InChI=1S/C30H28F2N6O5/c1-2-43-22-12-23(28-20(13-33)15-35-38(28)16-22)19-3-6-26(34-14-19)37-9-7-30(8-10-37,18-42-17-27(39)40)36-29(41)24-11-21(31)4-5-25(24)32/h3-6,11-12,14-16H,2,7-10,17-18H2,1H3,(H,36,41)(H,39,40). The van der Waals surface area contributed by atoms with Crippen LogP contribution in [-0.2, 0) is 9.53 Å². The molecule has 4 aromatic rings. The number of carboxylic acid groups (broad SMARTS) is 1. The number of aliphatic carboxylic acids is 1. The number of hydrogen-bond acceptors (Lipinski definition) is 8. The Labute approximate surface area is 245 Å². The molecule has 1 aromatic carbocycles. The van der Waals surface area contributed by atoms with Crippen LogP contribution in [0.4, 0.5) is 14.6 Å². The van der Waals surface area contributed by atoms with Crippen molar-refractivity contribution >= 4 is 23.2 Å². The number of amides is 1. The smallest absolute Gasteiger partial charge is 0.329 e. The topological polar surface area (TPSA) is 142 Å². The largest absolute Gasteiger partial charge is 0.492 e. The van der Waals surface area contributed by atoms with Crippen molar-refractivity contribution in [2.75, 3.05) is 37.8 Å². The van der Waals surface area contributed by atoms with E-state index in [0.29, 0.717) is 55.2 Å². The lowest BCUT2D eigenvalue weighted by Crippen LogP contribution is -2.58. The van der Waals surface area contributed by atoms with Crippen molar-refractivity contribution < 1.29 is 33.0 Å². The molecule has 0 atom stereocenters. The quantitative estimate of drug-likeness (QED) is 0.282. The predicted octanol–water partition coefficient (Wildman–Crippen LogP) is 3.82. The Morgan fingerprint density at radius 1 is 1.16 bits per heavy atom. The van der Waals surface area contributed by atoms with Crippen molar-refractivity contribution in [3.8, 4) is 22.9 Å². The molecule has 1 aliphatic heterocycles. The summed E-state index contributed by atoms with van der Waals surface area (Å²) in [6, 6.07) is 10.4. The minimum atomic E-state index is -1.17. The number of anilines is 1. The highest BCUT2D eigenvalue weighted by Gasteiger charge is 2.37. The first-order chi connectivity index (χ1) is 20.7. The Balaban J connectivity index is 1.35. The molecule has 1 saturated heterocycles. The number of carbonyl (C=O) groups is 2. The molecular formula is C30H28F2N6O5. The fourth-order valence-corrected chi connectivity index (χ4v) is 5.16. The lowest BCUT2D eigenvalue weighted by Gasteiger charge is -2.42. The van der Waals surface area contributed by atoms with Crippen molar-refractivity contribution in [2.24, 2.45) is 0 Å². The van der Waals surface area contributed by atoms with Gasteiger partial charge in [-0.05, 0) is 56.2 Å². The summed E-state index contributed by atoms with van der Waals surface area (Å²) in [6.07, 6.45) is 5.57. The fourth-order valence-electron chi connectivity index (χ4n) is 5.16. The second-order valence-corrected chi connectivity index (χ2v) is 10.1. The van der Waals surface area contributed by atoms with Gasteiger partial charge in [0, 0.05) is 30.4 Å². The third-order valence-corrected chi connectivity index (χ3v) is 7.28. The summed E-state index contributed by atoms with van der Waals surface area (Å²) in [4.78, 5) is 30.6. The zero-order valence-electron chi connectivity index (χ0n) is 23.2. The van der Waals surface area contributed by atoms with E-state index in [4.69, 9.17) is 14.6 Å². The first kappa shape index (κ1) is 29.4. The summed E-state index contributed by atoms with van der Waals surface area (Å²) >= 11 is 0. The number of hydrogen-bond donors (Lipinski definition) is 2. The normalized spacial score (nSPS) is 14.3. The number of pyridine rings is 2. The first-order valence-corrected chi connectivity index (χ1v) is 13.5. The van der Waals surface area contributed by atoms with Gasteiger partial charge in [-0.25, -0.2) is 23.1 Å². The molecule has 0 bridgehead atoms. The summed E-state index contributed by atoms with van der Waals surface area (Å²) in [7, 11) is 0. The molecule has 43 heavy (non-hydrogen) atoms. The third kappa shape index (κ3) is 6.39. The van der Waals surface area contributed by atoms with Gasteiger partial charge in [-0.3, -0.25) is 4.79 Å². The van der Waals surface area contributed by atoms with Crippen LogP contribution < -0.4 is 15.0 Å². The molecule has 0 aliphatic carbocycles. The van der Waals surface area contributed by atoms with E-state index in [1.807, 2.05) is 30.0 Å². The number of fused-ring (bicyclic) bond motifs is 1. The molecule has 1 aliphatic rings. The van der Waals surface area contributed by atoms with Crippen LogP contribution in [0.15, 0.2) is 55.0 Å². The second kappa shape index (κ2) is 12.4.